The van der Waals surface area contributed by atoms with Gasteiger partial charge in [-0.05, 0) is 31.2 Å². The Labute approximate surface area is 136 Å². The molecule has 0 fully saturated rings. The molecule has 1 aromatic carbocycles. The van der Waals surface area contributed by atoms with Crippen molar-refractivity contribution in [3.8, 4) is 23.0 Å². The maximum absolute atomic E-state index is 5.92. The molecule has 0 saturated carbocycles. The Morgan fingerprint density at radius 2 is 1.83 bits per heavy atom. The van der Waals surface area contributed by atoms with Gasteiger partial charge in [-0.1, -0.05) is 18.2 Å². The molecule has 0 aliphatic carbocycles. The molecule has 2 aliphatic heterocycles. The first kappa shape index (κ1) is 13.1. The fourth-order valence-electron chi connectivity index (χ4n) is 2.84. The van der Waals surface area contributed by atoms with Gasteiger partial charge in [-0.3, -0.25) is 0 Å². The Balaban J connectivity index is 1.76. The van der Waals surface area contributed by atoms with Crippen LogP contribution in [0, 0.1) is 6.92 Å². The monoisotopic (exact) mass is 313 g/mol. The van der Waals surface area contributed by atoms with Gasteiger partial charge in [0.2, 0.25) is 5.89 Å². The fourth-order valence-corrected chi connectivity index (χ4v) is 2.84. The van der Waals surface area contributed by atoms with Crippen molar-refractivity contribution in [2.45, 2.75) is 6.92 Å². The third-order valence-corrected chi connectivity index (χ3v) is 4.03. The molecule has 0 radical (unpaired) electrons. The minimum atomic E-state index is 0.404. The van der Waals surface area contributed by atoms with Crippen molar-refractivity contribution in [1.82, 2.24) is 25.1 Å². The van der Waals surface area contributed by atoms with Crippen molar-refractivity contribution in [3.05, 3.63) is 54.4 Å². The van der Waals surface area contributed by atoms with Crippen LogP contribution < -0.4 is 0 Å². The largest absolute Gasteiger partial charge is 0.416 e. The van der Waals surface area contributed by atoms with E-state index in [1.54, 1.807) is 6.20 Å². The topological polar surface area (TPSA) is 77.6 Å². The second-order valence-corrected chi connectivity index (χ2v) is 5.56. The van der Waals surface area contributed by atoms with E-state index in [4.69, 9.17) is 4.42 Å². The number of hydrogen-bond donors (Lipinski definition) is 0. The summed E-state index contributed by atoms with van der Waals surface area (Å²) in [6.45, 7) is 1.90. The van der Waals surface area contributed by atoms with E-state index >= 15 is 0 Å². The van der Waals surface area contributed by atoms with Crippen molar-refractivity contribution in [2.24, 2.45) is 0 Å². The van der Waals surface area contributed by atoms with Crippen molar-refractivity contribution < 1.29 is 4.42 Å². The highest BCUT2D eigenvalue weighted by molar-refractivity contribution is 5.93. The minimum Gasteiger partial charge on any atom is -0.416 e. The highest BCUT2D eigenvalue weighted by Crippen LogP contribution is 2.32. The number of aromatic nitrogens is 5. The van der Waals surface area contributed by atoms with Crippen molar-refractivity contribution in [1.29, 1.82) is 0 Å². The molecule has 24 heavy (non-hydrogen) atoms. The molecule has 114 valence electrons. The second kappa shape index (κ2) is 4.79. The molecule has 4 heterocycles. The van der Waals surface area contributed by atoms with Crippen LogP contribution in [0.15, 0.2) is 53.1 Å². The Bertz CT molecular complexity index is 1180. The van der Waals surface area contributed by atoms with Crippen LogP contribution in [-0.4, -0.2) is 25.1 Å². The van der Waals surface area contributed by atoms with Gasteiger partial charge in [-0.15, -0.1) is 10.2 Å². The number of fused-ring (bicyclic) bond motifs is 4. The lowest BCUT2D eigenvalue weighted by Gasteiger charge is -2.06. The molecule has 6 nitrogen and oxygen atoms in total. The highest BCUT2D eigenvalue weighted by Gasteiger charge is 2.19. The molecule has 0 atom stereocenters. The number of hydrogen-bond acceptors (Lipinski definition) is 6. The van der Waals surface area contributed by atoms with E-state index in [1.807, 2.05) is 49.4 Å². The van der Waals surface area contributed by atoms with Crippen LogP contribution >= 0.6 is 0 Å². The maximum atomic E-state index is 5.92. The molecular formula is C18H11N5O. The molecule has 2 aromatic heterocycles. The van der Waals surface area contributed by atoms with Crippen LogP contribution in [0.4, 0.5) is 0 Å². The van der Waals surface area contributed by atoms with E-state index < -0.39 is 0 Å². The van der Waals surface area contributed by atoms with Crippen molar-refractivity contribution in [3.63, 3.8) is 0 Å². The molecule has 0 saturated heterocycles. The molecule has 0 N–H and O–H groups in total. The van der Waals surface area contributed by atoms with Crippen LogP contribution in [0.2, 0.25) is 0 Å². The first-order valence-electron chi connectivity index (χ1n) is 7.54. The first-order valence-corrected chi connectivity index (χ1v) is 7.54. The van der Waals surface area contributed by atoms with E-state index in [0.29, 0.717) is 23.1 Å². The zero-order valence-corrected chi connectivity index (χ0v) is 12.8. The summed E-state index contributed by atoms with van der Waals surface area (Å²) in [7, 11) is 0. The lowest BCUT2D eigenvalue weighted by Crippen LogP contribution is -1.96. The standard InChI is InChI=1S/C18H11N5O/c1-10-13(9-11-5-4-8-19-16(11)20-10)17-23-22-15-12-6-2-3-7-14(12)21-18(15)24-17/h2-9H,1H3. The molecule has 0 bridgehead atoms. The summed E-state index contributed by atoms with van der Waals surface area (Å²) in [5, 5.41) is 10.4. The number of aryl methyl sites for hydroxylation is 1. The van der Waals surface area contributed by atoms with E-state index in [0.717, 1.165) is 27.5 Å². The predicted octanol–water partition coefficient (Wildman–Crippen LogP) is 3.64. The van der Waals surface area contributed by atoms with Gasteiger partial charge in [0.25, 0.3) is 5.89 Å². The molecule has 6 heteroatoms. The zero-order chi connectivity index (χ0) is 16.1. The maximum Gasteiger partial charge on any atom is 0.250 e. The summed E-state index contributed by atoms with van der Waals surface area (Å²) < 4.78 is 5.92. The minimum absolute atomic E-state index is 0.404. The summed E-state index contributed by atoms with van der Waals surface area (Å²) in [6, 6.07) is 13.6. The summed E-state index contributed by atoms with van der Waals surface area (Å²) >= 11 is 0. The SMILES string of the molecule is Cc1nc2ncccc2cc1-c1nnc2c3ccccc3nc-2o1. The van der Waals surface area contributed by atoms with Gasteiger partial charge in [0.1, 0.15) is 0 Å². The van der Waals surface area contributed by atoms with Gasteiger partial charge in [0.15, 0.2) is 11.3 Å². The quantitative estimate of drug-likeness (QED) is 0.470. The Kier molecular flexibility index (Phi) is 2.61. The van der Waals surface area contributed by atoms with Crippen LogP contribution in [0.1, 0.15) is 5.69 Å². The van der Waals surface area contributed by atoms with Gasteiger partial charge < -0.3 is 4.42 Å². The van der Waals surface area contributed by atoms with Gasteiger partial charge in [-0.25, -0.2) is 15.0 Å². The molecule has 0 amide bonds. The number of nitrogens with zero attached hydrogens (tertiary/aromatic N) is 5. The van der Waals surface area contributed by atoms with Crippen LogP contribution in [0.5, 0.6) is 0 Å². The summed E-state index contributed by atoms with van der Waals surface area (Å²) in [5.74, 6) is 0.882. The Morgan fingerprint density at radius 1 is 0.917 bits per heavy atom. The lowest BCUT2D eigenvalue weighted by molar-refractivity contribution is 0.530. The van der Waals surface area contributed by atoms with Crippen LogP contribution in [0.3, 0.4) is 0 Å². The van der Waals surface area contributed by atoms with Gasteiger partial charge >= 0.3 is 0 Å². The number of para-hydroxylation sites is 1. The summed E-state index contributed by atoms with van der Waals surface area (Å²) in [4.78, 5) is 13.3. The normalized spacial score (nSPS) is 11.5. The summed E-state index contributed by atoms with van der Waals surface area (Å²) in [5.41, 5.74) is 3.79. The number of rotatable bonds is 1. The molecule has 2 aliphatic rings. The lowest BCUT2D eigenvalue weighted by atomic mass is 10.1. The van der Waals surface area contributed by atoms with E-state index in [9.17, 15) is 0 Å². The molecule has 0 unspecified atom stereocenters. The first-order chi connectivity index (χ1) is 11.8. The third kappa shape index (κ3) is 1.86. The average molecular weight is 313 g/mol. The zero-order valence-electron chi connectivity index (χ0n) is 12.8. The smallest absolute Gasteiger partial charge is 0.250 e. The van der Waals surface area contributed by atoms with Gasteiger partial charge in [0, 0.05) is 17.0 Å². The van der Waals surface area contributed by atoms with Crippen LogP contribution in [0.25, 0.3) is 45.0 Å². The third-order valence-electron chi connectivity index (χ3n) is 4.03. The van der Waals surface area contributed by atoms with Gasteiger partial charge in [-0.2, -0.15) is 0 Å². The van der Waals surface area contributed by atoms with Crippen LogP contribution in [-0.2, 0) is 0 Å². The molecular weight excluding hydrogens is 302 g/mol. The Hall–Kier alpha value is -3.41. The van der Waals surface area contributed by atoms with E-state index in [-0.39, 0.29) is 0 Å². The molecule has 0 spiro atoms. The average Bonchev–Trinajstić information content (AvgIpc) is 2.99. The number of benzene rings is 1. The molecule has 3 aromatic rings. The van der Waals surface area contributed by atoms with E-state index in [2.05, 4.69) is 25.1 Å². The van der Waals surface area contributed by atoms with Crippen molar-refractivity contribution >= 4 is 21.9 Å². The van der Waals surface area contributed by atoms with E-state index in [1.165, 1.54) is 0 Å². The highest BCUT2D eigenvalue weighted by atomic mass is 16.4. The Morgan fingerprint density at radius 3 is 2.79 bits per heavy atom. The second-order valence-electron chi connectivity index (χ2n) is 5.56. The fraction of sp³-hybridized carbons (Fsp3) is 0.0556. The summed E-state index contributed by atoms with van der Waals surface area (Å²) in [6.07, 6.45) is 1.73. The van der Waals surface area contributed by atoms with Gasteiger partial charge in [0.05, 0.1) is 16.8 Å². The molecule has 5 rings (SSSR count). The van der Waals surface area contributed by atoms with Crippen molar-refractivity contribution in [2.75, 3.05) is 0 Å². The number of pyridine rings is 2. The predicted molar refractivity (Wildman–Crippen MR) is 89.5 cm³/mol.